The van der Waals surface area contributed by atoms with Crippen molar-refractivity contribution in [1.82, 2.24) is 20.2 Å². The summed E-state index contributed by atoms with van der Waals surface area (Å²) in [5, 5.41) is 11.8. The normalized spacial score (nSPS) is 13.3. The smallest absolute Gasteiger partial charge is 0.268 e. The van der Waals surface area contributed by atoms with E-state index >= 15 is 0 Å². The quantitative estimate of drug-likeness (QED) is 0.443. The SMILES string of the molecule is O=C1c2cnc(Nc3ccc4cn[nH]c4c3Cl)nc2OCN1c1c(Cl)cccc1Cl. The molecule has 0 aliphatic carbocycles. The van der Waals surface area contributed by atoms with Crippen molar-refractivity contribution < 1.29 is 9.53 Å². The Hall–Kier alpha value is -3.07. The molecule has 2 aromatic heterocycles. The van der Waals surface area contributed by atoms with Crippen LogP contribution < -0.4 is 15.0 Å². The number of anilines is 3. The number of carbonyl (C=O) groups is 1. The fraction of sp³-hybridized carbons (Fsp3) is 0.0526. The number of nitrogens with one attached hydrogen (secondary N) is 2. The molecule has 1 aliphatic heterocycles. The summed E-state index contributed by atoms with van der Waals surface area (Å²) in [4.78, 5) is 22.8. The highest BCUT2D eigenvalue weighted by molar-refractivity contribution is 6.40. The van der Waals surface area contributed by atoms with Crippen LogP contribution in [-0.2, 0) is 0 Å². The summed E-state index contributed by atoms with van der Waals surface area (Å²) in [5.74, 6) is 0.0110. The van der Waals surface area contributed by atoms with E-state index in [0.29, 0.717) is 32.0 Å². The van der Waals surface area contributed by atoms with Crippen molar-refractivity contribution in [1.29, 1.82) is 0 Å². The van der Waals surface area contributed by atoms with Crippen molar-refractivity contribution in [2.45, 2.75) is 0 Å². The van der Waals surface area contributed by atoms with Crippen molar-refractivity contribution in [2.75, 3.05) is 16.9 Å². The number of benzene rings is 2. The minimum atomic E-state index is -0.366. The van der Waals surface area contributed by atoms with Crippen molar-refractivity contribution >= 4 is 68.9 Å². The van der Waals surface area contributed by atoms with Gasteiger partial charge >= 0.3 is 0 Å². The average Bonchev–Trinajstić information content (AvgIpc) is 3.21. The van der Waals surface area contributed by atoms with Crippen LogP contribution in [0.5, 0.6) is 5.88 Å². The first-order valence-corrected chi connectivity index (χ1v) is 9.80. The molecule has 0 fully saturated rings. The lowest BCUT2D eigenvalue weighted by molar-refractivity contribution is 0.0932. The Labute approximate surface area is 184 Å². The first-order valence-electron chi connectivity index (χ1n) is 8.67. The first kappa shape index (κ1) is 18.9. The Morgan fingerprint density at radius 1 is 1.10 bits per heavy atom. The lowest BCUT2D eigenvalue weighted by atomic mass is 10.2. The zero-order chi connectivity index (χ0) is 20.8. The van der Waals surface area contributed by atoms with Gasteiger partial charge in [0.25, 0.3) is 5.91 Å². The van der Waals surface area contributed by atoms with Gasteiger partial charge in [0.15, 0.2) is 6.73 Å². The summed E-state index contributed by atoms with van der Waals surface area (Å²) >= 11 is 18.9. The summed E-state index contributed by atoms with van der Waals surface area (Å²) in [6.45, 7) is -0.0907. The summed E-state index contributed by atoms with van der Waals surface area (Å²) in [7, 11) is 0. The monoisotopic (exact) mass is 460 g/mol. The summed E-state index contributed by atoms with van der Waals surface area (Å²) in [6, 6.07) is 8.64. The van der Waals surface area contributed by atoms with Crippen LogP contribution in [0.2, 0.25) is 15.1 Å². The Morgan fingerprint density at radius 3 is 2.70 bits per heavy atom. The largest absolute Gasteiger partial charge is 0.455 e. The van der Waals surface area contributed by atoms with E-state index in [9.17, 15) is 4.79 Å². The standard InChI is InChI=1S/C19H11Cl3N6O2/c20-11-2-1-3-12(21)16(11)28-8-30-17-10(18(28)29)7-23-19(26-17)25-13-5-4-9-6-24-27-15(9)14(13)22/h1-7H,8H2,(H,24,27)(H,23,25,26). The second kappa shape index (κ2) is 7.32. The van der Waals surface area contributed by atoms with Gasteiger partial charge < -0.3 is 10.1 Å². The molecule has 0 radical (unpaired) electrons. The van der Waals surface area contributed by atoms with Crippen LogP contribution in [-0.4, -0.2) is 32.8 Å². The van der Waals surface area contributed by atoms with Crippen LogP contribution in [0.1, 0.15) is 10.4 Å². The van der Waals surface area contributed by atoms with E-state index in [-0.39, 0.29) is 30.0 Å². The summed E-state index contributed by atoms with van der Waals surface area (Å²) in [6.07, 6.45) is 3.06. The predicted octanol–water partition coefficient (Wildman–Crippen LogP) is 5.05. The fourth-order valence-electron chi connectivity index (χ4n) is 3.12. The van der Waals surface area contributed by atoms with E-state index in [4.69, 9.17) is 39.5 Å². The van der Waals surface area contributed by atoms with Gasteiger partial charge in [0.1, 0.15) is 5.56 Å². The van der Waals surface area contributed by atoms with Crippen LogP contribution >= 0.6 is 34.8 Å². The molecule has 2 aromatic carbocycles. The second-order valence-electron chi connectivity index (χ2n) is 6.38. The number of para-hydroxylation sites is 1. The molecule has 8 nitrogen and oxygen atoms in total. The van der Waals surface area contributed by atoms with E-state index < -0.39 is 0 Å². The second-order valence-corrected chi connectivity index (χ2v) is 7.57. The fourth-order valence-corrected chi connectivity index (χ4v) is 3.98. The minimum Gasteiger partial charge on any atom is -0.455 e. The molecule has 30 heavy (non-hydrogen) atoms. The van der Waals surface area contributed by atoms with E-state index in [1.165, 1.54) is 11.1 Å². The number of ether oxygens (including phenoxy) is 1. The maximum atomic E-state index is 13.0. The van der Waals surface area contributed by atoms with Crippen LogP contribution in [0.3, 0.4) is 0 Å². The van der Waals surface area contributed by atoms with Gasteiger partial charge in [-0.25, -0.2) is 4.98 Å². The molecule has 0 unspecified atom stereocenters. The predicted molar refractivity (Wildman–Crippen MR) is 115 cm³/mol. The third kappa shape index (κ3) is 3.09. The molecule has 0 spiro atoms. The number of hydrogen-bond donors (Lipinski definition) is 2. The number of aromatic amines is 1. The zero-order valence-corrected chi connectivity index (χ0v) is 17.3. The first-order chi connectivity index (χ1) is 14.5. The van der Waals surface area contributed by atoms with Gasteiger partial charge in [-0.05, 0) is 24.3 Å². The van der Waals surface area contributed by atoms with Gasteiger partial charge in [0.2, 0.25) is 11.8 Å². The molecule has 0 saturated carbocycles. The average molecular weight is 462 g/mol. The molecule has 2 N–H and O–H groups in total. The number of hydrogen-bond acceptors (Lipinski definition) is 6. The Kier molecular flexibility index (Phi) is 4.62. The molecule has 11 heteroatoms. The number of halogens is 3. The third-order valence-corrected chi connectivity index (χ3v) is 5.57. The molecule has 0 atom stereocenters. The number of rotatable bonds is 3. The van der Waals surface area contributed by atoms with Crippen molar-refractivity contribution in [2.24, 2.45) is 0 Å². The van der Waals surface area contributed by atoms with Crippen LogP contribution in [0.25, 0.3) is 10.9 Å². The topological polar surface area (TPSA) is 96.0 Å². The van der Waals surface area contributed by atoms with Crippen molar-refractivity contribution in [3.05, 3.63) is 63.4 Å². The Balaban J connectivity index is 1.45. The van der Waals surface area contributed by atoms with Gasteiger partial charge in [0.05, 0.1) is 38.2 Å². The van der Waals surface area contributed by atoms with Crippen molar-refractivity contribution in [3.63, 3.8) is 0 Å². The van der Waals surface area contributed by atoms with E-state index in [1.807, 2.05) is 6.07 Å². The number of nitrogens with zero attached hydrogens (tertiary/aromatic N) is 4. The van der Waals surface area contributed by atoms with Gasteiger partial charge in [-0.3, -0.25) is 14.8 Å². The van der Waals surface area contributed by atoms with Gasteiger partial charge in [-0.15, -0.1) is 0 Å². The molecular weight excluding hydrogens is 451 g/mol. The molecule has 5 rings (SSSR count). The molecule has 3 heterocycles. The van der Waals surface area contributed by atoms with Gasteiger partial charge in [0, 0.05) is 11.6 Å². The molecule has 4 aromatic rings. The van der Waals surface area contributed by atoms with Gasteiger partial charge in [-0.2, -0.15) is 10.1 Å². The zero-order valence-electron chi connectivity index (χ0n) is 15.0. The molecule has 1 aliphatic rings. The Morgan fingerprint density at radius 2 is 1.90 bits per heavy atom. The highest BCUT2D eigenvalue weighted by Crippen LogP contribution is 2.37. The van der Waals surface area contributed by atoms with E-state index in [0.717, 1.165) is 5.39 Å². The summed E-state index contributed by atoms with van der Waals surface area (Å²) < 4.78 is 5.68. The number of carbonyl (C=O) groups excluding carboxylic acids is 1. The molecule has 0 bridgehead atoms. The molecule has 0 saturated heterocycles. The Bertz CT molecular complexity index is 1290. The van der Waals surface area contributed by atoms with Crippen LogP contribution in [0.4, 0.5) is 17.3 Å². The van der Waals surface area contributed by atoms with Crippen molar-refractivity contribution in [3.8, 4) is 5.88 Å². The van der Waals surface area contributed by atoms with E-state index in [2.05, 4.69) is 25.5 Å². The lowest BCUT2D eigenvalue weighted by Gasteiger charge is -2.29. The number of H-pyrrole nitrogens is 1. The van der Waals surface area contributed by atoms with Crippen LogP contribution in [0.15, 0.2) is 42.7 Å². The third-order valence-electron chi connectivity index (χ3n) is 4.57. The highest BCUT2D eigenvalue weighted by atomic mass is 35.5. The minimum absolute atomic E-state index is 0.0907. The molecule has 1 amide bonds. The molecule has 150 valence electrons. The lowest BCUT2D eigenvalue weighted by Crippen LogP contribution is -2.39. The number of amides is 1. The number of fused-ring (bicyclic) bond motifs is 2. The van der Waals surface area contributed by atoms with Gasteiger partial charge in [-0.1, -0.05) is 40.9 Å². The van der Waals surface area contributed by atoms with E-state index in [1.54, 1.807) is 30.5 Å². The maximum Gasteiger partial charge on any atom is 0.268 e. The highest BCUT2D eigenvalue weighted by Gasteiger charge is 2.31. The molecular formula is C19H11Cl3N6O2. The summed E-state index contributed by atoms with van der Waals surface area (Å²) in [5.41, 5.74) is 1.84. The maximum absolute atomic E-state index is 13.0. The number of aromatic nitrogens is 4. The van der Waals surface area contributed by atoms with Crippen LogP contribution in [0, 0.1) is 0 Å².